The number of aromatic hydroxyl groups is 1. The number of carbonyl (C=O) groups excluding carboxylic acids is 2. The molecule has 1 aliphatic rings. The van der Waals surface area contributed by atoms with Crippen molar-refractivity contribution in [1.82, 2.24) is 0 Å². The van der Waals surface area contributed by atoms with Gasteiger partial charge in [-0.05, 0) is 35.2 Å². The van der Waals surface area contributed by atoms with Crippen LogP contribution in [0, 0.1) is 12.3 Å². The molecule has 2 aromatic rings. The van der Waals surface area contributed by atoms with E-state index in [4.69, 9.17) is 9.47 Å². The zero-order chi connectivity index (χ0) is 18.2. The third-order valence-electron chi connectivity index (χ3n) is 4.92. The molecular weight excluding hydrogens is 320 g/mol. The summed E-state index contributed by atoms with van der Waals surface area (Å²) in [4.78, 5) is 24.9. The van der Waals surface area contributed by atoms with E-state index in [1.807, 2.05) is 37.3 Å². The van der Waals surface area contributed by atoms with Gasteiger partial charge in [-0.15, -0.1) is 0 Å². The maximum absolute atomic E-state index is 12.5. The van der Waals surface area contributed by atoms with Crippen molar-refractivity contribution in [2.75, 3.05) is 14.2 Å². The molecule has 5 heteroatoms. The molecule has 0 aromatic heterocycles. The first-order valence-electron chi connectivity index (χ1n) is 8.01. The quantitative estimate of drug-likeness (QED) is 0.687. The minimum Gasteiger partial charge on any atom is -0.507 e. The standard InChI is InChI=1S/C20H20O5/c1-12-9-16(21)17(13-7-5-4-6-8-13)15-11-20(10-14(12)15,18(22)24-2)19(23)25-3/h4-9,21H,10-11H2,1-3H3. The molecule has 0 amide bonds. The van der Waals surface area contributed by atoms with Crippen LogP contribution in [0.25, 0.3) is 11.1 Å². The second-order valence-electron chi connectivity index (χ2n) is 6.33. The Balaban J connectivity index is 2.22. The number of carbonyl (C=O) groups is 2. The van der Waals surface area contributed by atoms with E-state index in [9.17, 15) is 14.7 Å². The number of esters is 2. The van der Waals surface area contributed by atoms with Crippen molar-refractivity contribution in [3.8, 4) is 16.9 Å². The lowest BCUT2D eigenvalue weighted by atomic mass is 9.84. The van der Waals surface area contributed by atoms with Crippen LogP contribution in [-0.2, 0) is 31.9 Å². The average molecular weight is 340 g/mol. The highest BCUT2D eigenvalue weighted by molar-refractivity contribution is 6.02. The summed E-state index contributed by atoms with van der Waals surface area (Å²) in [6, 6.07) is 11.1. The van der Waals surface area contributed by atoms with Crippen LogP contribution in [0.5, 0.6) is 5.75 Å². The highest BCUT2D eigenvalue weighted by Gasteiger charge is 2.53. The van der Waals surface area contributed by atoms with Crippen LogP contribution in [0.3, 0.4) is 0 Å². The number of hydrogen-bond donors (Lipinski definition) is 1. The molecule has 130 valence electrons. The van der Waals surface area contributed by atoms with Gasteiger partial charge in [0.15, 0.2) is 5.41 Å². The van der Waals surface area contributed by atoms with E-state index < -0.39 is 17.4 Å². The van der Waals surface area contributed by atoms with Gasteiger partial charge in [-0.2, -0.15) is 0 Å². The molecule has 0 spiro atoms. The summed E-state index contributed by atoms with van der Waals surface area (Å²) in [6.07, 6.45) is 0.342. The molecule has 0 heterocycles. The van der Waals surface area contributed by atoms with Gasteiger partial charge in [0, 0.05) is 18.4 Å². The largest absolute Gasteiger partial charge is 0.507 e. The van der Waals surface area contributed by atoms with Gasteiger partial charge in [-0.1, -0.05) is 30.3 Å². The summed E-state index contributed by atoms with van der Waals surface area (Å²) in [6.45, 7) is 1.86. The van der Waals surface area contributed by atoms with Gasteiger partial charge >= 0.3 is 11.9 Å². The Morgan fingerprint density at radius 3 is 2.12 bits per heavy atom. The molecule has 0 radical (unpaired) electrons. The van der Waals surface area contributed by atoms with E-state index in [0.29, 0.717) is 5.56 Å². The predicted molar refractivity (Wildman–Crippen MR) is 92.2 cm³/mol. The Bertz CT molecular complexity index is 823. The van der Waals surface area contributed by atoms with E-state index in [2.05, 4.69) is 0 Å². The first kappa shape index (κ1) is 17.0. The molecule has 1 aliphatic carbocycles. The van der Waals surface area contributed by atoms with Crippen molar-refractivity contribution in [1.29, 1.82) is 0 Å². The lowest BCUT2D eigenvalue weighted by molar-refractivity contribution is -0.168. The normalized spacial score (nSPS) is 14.7. The molecule has 0 bridgehead atoms. The molecule has 0 atom stereocenters. The zero-order valence-electron chi connectivity index (χ0n) is 14.5. The lowest BCUT2D eigenvalue weighted by Gasteiger charge is -2.22. The topological polar surface area (TPSA) is 72.8 Å². The molecule has 0 unspecified atom stereocenters. The van der Waals surface area contributed by atoms with Crippen LogP contribution in [0.15, 0.2) is 36.4 Å². The maximum Gasteiger partial charge on any atom is 0.323 e. The van der Waals surface area contributed by atoms with E-state index in [1.54, 1.807) is 6.07 Å². The van der Waals surface area contributed by atoms with Gasteiger partial charge in [-0.3, -0.25) is 9.59 Å². The number of methoxy groups -OCH3 is 2. The smallest absolute Gasteiger partial charge is 0.323 e. The number of fused-ring (bicyclic) bond motifs is 1. The molecule has 0 aliphatic heterocycles. The van der Waals surface area contributed by atoms with Crippen LogP contribution in [0.2, 0.25) is 0 Å². The predicted octanol–water partition coefficient (Wildman–Crippen LogP) is 2.80. The number of phenolic OH excluding ortho intramolecular Hbond substituents is 1. The van der Waals surface area contributed by atoms with Gasteiger partial charge in [0.25, 0.3) is 0 Å². The van der Waals surface area contributed by atoms with Gasteiger partial charge < -0.3 is 14.6 Å². The van der Waals surface area contributed by atoms with E-state index in [0.717, 1.165) is 22.3 Å². The summed E-state index contributed by atoms with van der Waals surface area (Å²) in [5.74, 6) is -1.10. The van der Waals surface area contributed by atoms with Gasteiger partial charge in [0.2, 0.25) is 0 Å². The molecule has 0 saturated heterocycles. The van der Waals surface area contributed by atoms with Gasteiger partial charge in [-0.25, -0.2) is 0 Å². The molecule has 25 heavy (non-hydrogen) atoms. The number of rotatable bonds is 3. The minimum absolute atomic E-state index is 0.132. The maximum atomic E-state index is 12.5. The minimum atomic E-state index is -1.41. The van der Waals surface area contributed by atoms with Crippen molar-refractivity contribution < 1.29 is 24.2 Å². The van der Waals surface area contributed by atoms with Crippen LogP contribution < -0.4 is 0 Å². The zero-order valence-corrected chi connectivity index (χ0v) is 14.5. The Hall–Kier alpha value is -2.82. The number of ether oxygens (including phenoxy) is 2. The first-order valence-corrected chi connectivity index (χ1v) is 8.01. The van der Waals surface area contributed by atoms with Crippen molar-refractivity contribution in [3.63, 3.8) is 0 Å². The monoisotopic (exact) mass is 340 g/mol. The van der Waals surface area contributed by atoms with Crippen LogP contribution >= 0.6 is 0 Å². The lowest BCUT2D eigenvalue weighted by Crippen LogP contribution is -2.42. The highest BCUT2D eigenvalue weighted by Crippen LogP contribution is 2.47. The summed E-state index contributed by atoms with van der Waals surface area (Å²) in [7, 11) is 2.52. The Morgan fingerprint density at radius 2 is 1.56 bits per heavy atom. The molecule has 0 fully saturated rings. The number of benzene rings is 2. The Morgan fingerprint density at radius 1 is 1.00 bits per heavy atom. The van der Waals surface area contributed by atoms with E-state index in [-0.39, 0.29) is 18.6 Å². The van der Waals surface area contributed by atoms with Gasteiger partial charge in [0.05, 0.1) is 14.2 Å². The first-order chi connectivity index (χ1) is 11.9. The second-order valence-corrected chi connectivity index (χ2v) is 6.33. The Kier molecular flexibility index (Phi) is 4.25. The number of phenols is 1. The summed E-state index contributed by atoms with van der Waals surface area (Å²) < 4.78 is 9.81. The van der Waals surface area contributed by atoms with Crippen LogP contribution in [0.4, 0.5) is 0 Å². The molecule has 1 N–H and O–H groups in total. The van der Waals surface area contributed by atoms with Crippen molar-refractivity contribution in [3.05, 3.63) is 53.1 Å². The molecule has 5 nitrogen and oxygen atoms in total. The fourth-order valence-corrected chi connectivity index (χ4v) is 3.70. The molecule has 2 aromatic carbocycles. The van der Waals surface area contributed by atoms with Crippen molar-refractivity contribution >= 4 is 11.9 Å². The third-order valence-corrected chi connectivity index (χ3v) is 4.92. The number of hydrogen-bond acceptors (Lipinski definition) is 5. The average Bonchev–Trinajstić information content (AvgIpc) is 3.03. The van der Waals surface area contributed by atoms with Crippen molar-refractivity contribution in [2.45, 2.75) is 19.8 Å². The second kappa shape index (κ2) is 6.24. The van der Waals surface area contributed by atoms with E-state index >= 15 is 0 Å². The summed E-state index contributed by atoms with van der Waals surface area (Å²) in [5, 5.41) is 10.5. The third kappa shape index (κ3) is 2.56. The highest BCUT2D eigenvalue weighted by atomic mass is 16.5. The summed E-state index contributed by atoms with van der Waals surface area (Å²) >= 11 is 0. The van der Waals surface area contributed by atoms with Gasteiger partial charge in [0.1, 0.15) is 5.75 Å². The van der Waals surface area contributed by atoms with Crippen LogP contribution in [-0.4, -0.2) is 31.3 Å². The number of aryl methyl sites for hydroxylation is 1. The molecule has 0 saturated carbocycles. The van der Waals surface area contributed by atoms with Crippen LogP contribution in [0.1, 0.15) is 16.7 Å². The summed E-state index contributed by atoms with van der Waals surface area (Å²) in [5.41, 5.74) is 2.58. The van der Waals surface area contributed by atoms with E-state index in [1.165, 1.54) is 14.2 Å². The molecular formula is C20H20O5. The SMILES string of the molecule is COC(=O)C1(C(=O)OC)Cc2c(C)cc(O)c(-c3ccccc3)c2C1. The van der Waals surface area contributed by atoms with Crippen molar-refractivity contribution in [2.24, 2.45) is 5.41 Å². The Labute approximate surface area is 146 Å². The fourth-order valence-electron chi connectivity index (χ4n) is 3.70. The fraction of sp³-hybridized carbons (Fsp3) is 0.300. The molecule has 3 rings (SSSR count).